The first-order valence-corrected chi connectivity index (χ1v) is 10.7. The number of oxazole rings is 2. The van der Waals surface area contributed by atoms with Crippen LogP contribution in [-0.4, -0.2) is 21.8 Å². The van der Waals surface area contributed by atoms with E-state index in [2.05, 4.69) is 20.6 Å². The highest BCUT2D eigenvalue weighted by molar-refractivity contribution is 5.87. The summed E-state index contributed by atoms with van der Waals surface area (Å²) in [6.07, 6.45) is 7.63. The summed E-state index contributed by atoms with van der Waals surface area (Å²) < 4.78 is 11.1. The second-order valence-electron chi connectivity index (χ2n) is 9.07. The lowest BCUT2D eigenvalue weighted by atomic mass is 9.53. The Morgan fingerprint density at radius 3 is 1.40 bits per heavy atom. The topological polar surface area (TPSA) is 110 Å². The number of aromatic nitrogens is 2. The van der Waals surface area contributed by atoms with Crippen molar-refractivity contribution in [1.29, 1.82) is 0 Å². The van der Waals surface area contributed by atoms with Crippen molar-refractivity contribution in [3.8, 4) is 0 Å². The molecule has 30 heavy (non-hydrogen) atoms. The molecule has 2 bridgehead atoms. The second kappa shape index (κ2) is 7.56. The van der Waals surface area contributed by atoms with Crippen LogP contribution in [0.3, 0.4) is 0 Å². The normalized spacial score (nSPS) is 27.5. The lowest BCUT2D eigenvalue weighted by molar-refractivity contribution is -0.151. The summed E-state index contributed by atoms with van der Waals surface area (Å²) >= 11 is 0. The molecule has 0 aliphatic heterocycles. The molecule has 2 amide bonds. The van der Waals surface area contributed by atoms with Gasteiger partial charge in [0.1, 0.15) is 23.6 Å². The van der Waals surface area contributed by atoms with E-state index in [1.165, 1.54) is 0 Å². The van der Waals surface area contributed by atoms with E-state index < -0.39 is 10.8 Å². The fourth-order valence-corrected chi connectivity index (χ4v) is 4.83. The number of fused-ring (bicyclic) bond motifs is 3. The molecular formula is C22H30N4O4. The lowest BCUT2D eigenvalue weighted by Crippen LogP contribution is -2.55. The largest absolute Gasteiger partial charge is 0.444 e. The van der Waals surface area contributed by atoms with Gasteiger partial charge in [-0.3, -0.25) is 9.59 Å². The Kier molecular flexibility index (Phi) is 5.20. The first-order chi connectivity index (χ1) is 14.2. The summed E-state index contributed by atoms with van der Waals surface area (Å²) in [4.78, 5) is 34.6. The Balaban J connectivity index is 1.37. The minimum atomic E-state index is -0.400. The molecule has 8 heteroatoms. The van der Waals surface area contributed by atoms with Gasteiger partial charge in [-0.2, -0.15) is 0 Å². The van der Waals surface area contributed by atoms with Crippen LogP contribution < -0.4 is 10.6 Å². The molecule has 3 saturated carbocycles. The summed E-state index contributed by atoms with van der Waals surface area (Å²) in [5.41, 5.74) is -0.799. The molecule has 162 valence electrons. The lowest BCUT2D eigenvalue weighted by Gasteiger charge is -2.51. The molecule has 2 aromatic heterocycles. The fourth-order valence-electron chi connectivity index (χ4n) is 4.83. The molecular weight excluding hydrogens is 384 g/mol. The summed E-state index contributed by atoms with van der Waals surface area (Å²) in [7, 11) is 0. The van der Waals surface area contributed by atoms with Gasteiger partial charge >= 0.3 is 0 Å². The van der Waals surface area contributed by atoms with Crippen molar-refractivity contribution in [1.82, 2.24) is 20.6 Å². The van der Waals surface area contributed by atoms with Crippen molar-refractivity contribution >= 4 is 11.8 Å². The van der Waals surface area contributed by atoms with Crippen LogP contribution in [0.1, 0.15) is 87.8 Å². The maximum absolute atomic E-state index is 13.1. The molecule has 0 spiro atoms. The van der Waals surface area contributed by atoms with Crippen molar-refractivity contribution in [3.63, 3.8) is 0 Å². The van der Waals surface area contributed by atoms with E-state index in [4.69, 9.17) is 8.83 Å². The van der Waals surface area contributed by atoms with Crippen LogP contribution in [0.15, 0.2) is 21.2 Å². The third-order valence-corrected chi connectivity index (χ3v) is 6.92. The van der Waals surface area contributed by atoms with Gasteiger partial charge in [0.05, 0.1) is 12.4 Å². The number of carbonyl (C=O) groups is 2. The molecule has 0 radical (unpaired) electrons. The first-order valence-electron chi connectivity index (χ1n) is 10.7. The van der Waals surface area contributed by atoms with Crippen molar-refractivity contribution < 1.29 is 18.4 Å². The van der Waals surface area contributed by atoms with E-state index in [0.717, 1.165) is 50.0 Å². The van der Waals surface area contributed by atoms with Crippen LogP contribution in [-0.2, 0) is 9.59 Å². The van der Waals surface area contributed by atoms with Gasteiger partial charge in [-0.05, 0) is 66.2 Å². The molecule has 5 rings (SSSR count). The monoisotopic (exact) mass is 414 g/mol. The third-order valence-electron chi connectivity index (χ3n) is 6.92. The molecule has 2 unspecified atom stereocenters. The number of aryl methyl sites for hydroxylation is 2. The Bertz CT molecular complexity index is 846. The third kappa shape index (κ3) is 3.63. The van der Waals surface area contributed by atoms with Gasteiger partial charge in [0.25, 0.3) is 0 Å². The minimum absolute atomic E-state index is 0.0446. The zero-order chi connectivity index (χ0) is 21.5. The van der Waals surface area contributed by atoms with Crippen LogP contribution in [0.4, 0.5) is 0 Å². The van der Waals surface area contributed by atoms with E-state index in [1.807, 2.05) is 27.7 Å². The number of rotatable bonds is 6. The summed E-state index contributed by atoms with van der Waals surface area (Å²) in [6, 6.07) is -0.551. The molecule has 2 atom stereocenters. The van der Waals surface area contributed by atoms with Crippen LogP contribution in [0.5, 0.6) is 0 Å². The van der Waals surface area contributed by atoms with Gasteiger partial charge < -0.3 is 19.5 Å². The molecule has 0 aromatic carbocycles. The molecule has 8 nitrogen and oxygen atoms in total. The number of hydrogen-bond acceptors (Lipinski definition) is 6. The zero-order valence-electron chi connectivity index (χ0n) is 18.1. The Morgan fingerprint density at radius 1 is 0.800 bits per heavy atom. The van der Waals surface area contributed by atoms with Crippen LogP contribution in [0.25, 0.3) is 0 Å². The minimum Gasteiger partial charge on any atom is -0.444 e. The van der Waals surface area contributed by atoms with Crippen molar-refractivity contribution in [3.05, 3.63) is 35.7 Å². The highest BCUT2D eigenvalue weighted by Crippen LogP contribution is 2.57. The maximum Gasteiger partial charge on any atom is 0.226 e. The highest BCUT2D eigenvalue weighted by atomic mass is 16.4. The number of amides is 2. The standard InChI is InChI=1S/C22H30N4O4/c1-13-11-23-17(29-13)15(3)25-19(27)21-5-8-22(9-6-21,10-7-21)20(28)26-16(4)18-24-12-14(2)30-18/h11-12,15-16H,5-10H2,1-4H3,(H,25,27)(H,26,28). The van der Waals surface area contributed by atoms with Crippen molar-refractivity contribution in [2.45, 2.75) is 78.3 Å². The maximum atomic E-state index is 13.1. The Morgan fingerprint density at radius 2 is 1.13 bits per heavy atom. The van der Waals surface area contributed by atoms with E-state index in [-0.39, 0.29) is 23.9 Å². The number of hydrogen-bond donors (Lipinski definition) is 2. The SMILES string of the molecule is Cc1cnc(C(C)NC(=O)C23CCC(C(=O)NC(C)c4ncc(C)o4)(CC2)CC3)o1. The van der Waals surface area contributed by atoms with Crippen LogP contribution >= 0.6 is 0 Å². The van der Waals surface area contributed by atoms with Gasteiger partial charge in [-0.15, -0.1) is 0 Å². The molecule has 3 aliphatic rings. The molecule has 2 N–H and O–H groups in total. The highest BCUT2D eigenvalue weighted by Gasteiger charge is 2.55. The Hall–Kier alpha value is -2.64. The van der Waals surface area contributed by atoms with Gasteiger partial charge in [-0.25, -0.2) is 9.97 Å². The number of nitrogens with zero attached hydrogens (tertiary/aromatic N) is 2. The molecule has 3 aliphatic carbocycles. The van der Waals surface area contributed by atoms with E-state index in [9.17, 15) is 9.59 Å². The predicted octanol–water partition coefficient (Wildman–Crippen LogP) is 3.67. The molecule has 2 heterocycles. The smallest absolute Gasteiger partial charge is 0.226 e. The van der Waals surface area contributed by atoms with Crippen molar-refractivity contribution in [2.75, 3.05) is 0 Å². The van der Waals surface area contributed by atoms with Crippen molar-refractivity contribution in [2.24, 2.45) is 10.8 Å². The van der Waals surface area contributed by atoms with Gasteiger partial charge in [0, 0.05) is 10.8 Å². The van der Waals surface area contributed by atoms with Gasteiger partial charge in [0.15, 0.2) is 0 Å². The van der Waals surface area contributed by atoms with Crippen LogP contribution in [0.2, 0.25) is 0 Å². The average Bonchev–Trinajstić information content (AvgIpc) is 3.37. The predicted molar refractivity (Wildman–Crippen MR) is 108 cm³/mol. The Labute approximate surface area is 176 Å². The first kappa shape index (κ1) is 20.6. The zero-order valence-corrected chi connectivity index (χ0v) is 18.1. The second-order valence-corrected chi connectivity index (χ2v) is 9.07. The van der Waals surface area contributed by atoms with Gasteiger partial charge in [0.2, 0.25) is 23.6 Å². The molecule has 0 saturated heterocycles. The van der Waals surface area contributed by atoms with Gasteiger partial charge in [-0.1, -0.05) is 0 Å². The summed E-state index contributed by atoms with van der Waals surface area (Å²) in [6.45, 7) is 7.44. The number of carbonyl (C=O) groups excluding carboxylic acids is 2. The van der Waals surface area contributed by atoms with E-state index >= 15 is 0 Å². The quantitative estimate of drug-likeness (QED) is 0.746. The summed E-state index contributed by atoms with van der Waals surface area (Å²) in [5.74, 6) is 2.59. The molecule has 2 aromatic rings. The van der Waals surface area contributed by atoms with Crippen LogP contribution in [0, 0.1) is 24.7 Å². The van der Waals surface area contributed by atoms with E-state index in [0.29, 0.717) is 11.8 Å². The number of nitrogens with one attached hydrogen (secondary N) is 2. The molecule has 3 fully saturated rings. The average molecular weight is 415 g/mol. The van der Waals surface area contributed by atoms with E-state index in [1.54, 1.807) is 12.4 Å². The fraction of sp³-hybridized carbons (Fsp3) is 0.636. The summed E-state index contributed by atoms with van der Waals surface area (Å²) in [5, 5.41) is 6.15.